The van der Waals surface area contributed by atoms with E-state index >= 15 is 0 Å². The van der Waals surface area contributed by atoms with E-state index in [4.69, 9.17) is 21.1 Å². The summed E-state index contributed by atoms with van der Waals surface area (Å²) in [6.07, 6.45) is 1.49. The summed E-state index contributed by atoms with van der Waals surface area (Å²) in [6, 6.07) is 9.45. The van der Waals surface area contributed by atoms with Crippen molar-refractivity contribution in [3.8, 4) is 11.5 Å². The van der Waals surface area contributed by atoms with Crippen molar-refractivity contribution < 1.29 is 14.4 Å². The van der Waals surface area contributed by atoms with Crippen LogP contribution in [0.1, 0.15) is 5.56 Å². The van der Waals surface area contributed by atoms with Gasteiger partial charge in [-0.3, -0.25) is 15.5 Å². The quantitative estimate of drug-likeness (QED) is 0.494. The van der Waals surface area contributed by atoms with Crippen LogP contribution in [0.5, 0.6) is 11.5 Å². The van der Waals surface area contributed by atoms with Gasteiger partial charge in [-0.25, -0.2) is 0 Å². The maximum Gasteiger partial charge on any atom is 0.271 e. The minimum atomic E-state index is -0.472. The van der Waals surface area contributed by atoms with Gasteiger partial charge in [0.1, 0.15) is 0 Å². The largest absolute Gasteiger partial charge is 0.493 e. The fraction of sp³-hybridized carbons (Fsp3) is 0.133. The maximum atomic E-state index is 10.7. The number of nitro groups is 1. The number of nitrogens with zero attached hydrogens (tertiary/aromatic N) is 2. The Hall–Kier alpha value is -2.80. The predicted molar refractivity (Wildman–Crippen MR) is 88.9 cm³/mol. The van der Waals surface area contributed by atoms with E-state index in [9.17, 15) is 10.1 Å². The number of nitrogens with one attached hydrogen (secondary N) is 1. The summed E-state index contributed by atoms with van der Waals surface area (Å²) in [5.41, 5.74) is 3.80. The molecule has 0 bridgehead atoms. The molecule has 7 nitrogen and oxygen atoms in total. The Morgan fingerprint density at radius 2 is 2.04 bits per heavy atom. The van der Waals surface area contributed by atoms with Crippen LogP contribution in [0.3, 0.4) is 0 Å². The van der Waals surface area contributed by atoms with Crippen LogP contribution in [0.15, 0.2) is 41.5 Å². The van der Waals surface area contributed by atoms with Crippen molar-refractivity contribution in [3.63, 3.8) is 0 Å². The van der Waals surface area contributed by atoms with Crippen LogP contribution in [0.2, 0.25) is 5.02 Å². The van der Waals surface area contributed by atoms with Gasteiger partial charge < -0.3 is 9.47 Å². The van der Waals surface area contributed by atoms with Gasteiger partial charge in [0.05, 0.1) is 36.1 Å². The zero-order valence-corrected chi connectivity index (χ0v) is 13.2. The SMILES string of the molecule is COc1ccc(C=NNc2cccc([N+](=O)[O-])c2)c(Cl)c1OC. The third kappa shape index (κ3) is 3.89. The molecule has 8 heteroatoms. The summed E-state index contributed by atoms with van der Waals surface area (Å²) in [5, 5.41) is 15.1. The second-order valence-corrected chi connectivity index (χ2v) is 4.76. The van der Waals surface area contributed by atoms with Crippen LogP contribution >= 0.6 is 11.6 Å². The first-order chi connectivity index (χ1) is 11.1. The number of hydrogen-bond acceptors (Lipinski definition) is 6. The summed E-state index contributed by atoms with van der Waals surface area (Å²) in [5.74, 6) is 0.926. The first-order valence-electron chi connectivity index (χ1n) is 6.51. The lowest BCUT2D eigenvalue weighted by molar-refractivity contribution is -0.384. The molecular weight excluding hydrogens is 322 g/mol. The van der Waals surface area contributed by atoms with Gasteiger partial charge in [0, 0.05) is 17.7 Å². The van der Waals surface area contributed by atoms with E-state index in [-0.39, 0.29) is 5.69 Å². The third-order valence-corrected chi connectivity index (χ3v) is 3.36. The number of rotatable bonds is 6. The van der Waals surface area contributed by atoms with Crippen LogP contribution in [0.4, 0.5) is 11.4 Å². The van der Waals surface area contributed by atoms with Crippen molar-refractivity contribution >= 4 is 29.2 Å². The molecule has 0 fully saturated rings. The van der Waals surface area contributed by atoms with E-state index in [0.29, 0.717) is 27.8 Å². The third-order valence-electron chi connectivity index (χ3n) is 2.97. The number of hydrogen-bond donors (Lipinski definition) is 1. The number of anilines is 1. The number of halogens is 1. The molecule has 0 aliphatic carbocycles. The van der Waals surface area contributed by atoms with E-state index in [0.717, 1.165) is 0 Å². The number of non-ortho nitro benzene ring substituents is 1. The molecule has 1 N–H and O–H groups in total. The Morgan fingerprint density at radius 3 is 2.70 bits per heavy atom. The molecule has 0 aliphatic heterocycles. The normalized spacial score (nSPS) is 10.6. The zero-order chi connectivity index (χ0) is 16.8. The van der Waals surface area contributed by atoms with Gasteiger partial charge in [0.25, 0.3) is 5.69 Å². The number of benzene rings is 2. The first-order valence-corrected chi connectivity index (χ1v) is 6.88. The van der Waals surface area contributed by atoms with Gasteiger partial charge in [-0.2, -0.15) is 5.10 Å². The molecular formula is C15H14ClN3O4. The van der Waals surface area contributed by atoms with Crippen LogP contribution < -0.4 is 14.9 Å². The molecule has 0 aliphatic rings. The molecule has 0 radical (unpaired) electrons. The fourth-order valence-corrected chi connectivity index (χ4v) is 2.15. The number of hydrazone groups is 1. The van der Waals surface area contributed by atoms with Crippen LogP contribution in [-0.4, -0.2) is 25.4 Å². The van der Waals surface area contributed by atoms with E-state index < -0.39 is 4.92 Å². The Morgan fingerprint density at radius 1 is 1.26 bits per heavy atom. The second kappa shape index (κ2) is 7.46. The smallest absolute Gasteiger partial charge is 0.271 e. The minimum absolute atomic E-state index is 0.0191. The summed E-state index contributed by atoms with van der Waals surface area (Å²) < 4.78 is 10.3. The second-order valence-electron chi connectivity index (χ2n) is 4.38. The molecule has 2 aromatic rings. The average Bonchev–Trinajstić information content (AvgIpc) is 2.56. The molecule has 0 atom stereocenters. The first kappa shape index (κ1) is 16.6. The number of methoxy groups -OCH3 is 2. The molecule has 2 rings (SSSR count). The average molecular weight is 336 g/mol. The van der Waals surface area contributed by atoms with Crippen LogP contribution in [0, 0.1) is 10.1 Å². The van der Waals surface area contributed by atoms with Crippen LogP contribution in [-0.2, 0) is 0 Å². The van der Waals surface area contributed by atoms with Crippen molar-refractivity contribution in [1.82, 2.24) is 0 Å². The zero-order valence-electron chi connectivity index (χ0n) is 12.4. The highest BCUT2D eigenvalue weighted by molar-refractivity contribution is 6.34. The lowest BCUT2D eigenvalue weighted by atomic mass is 10.2. The Balaban J connectivity index is 2.18. The summed E-state index contributed by atoms with van der Waals surface area (Å²) in [4.78, 5) is 10.2. The fourth-order valence-electron chi connectivity index (χ4n) is 1.87. The summed E-state index contributed by atoms with van der Waals surface area (Å²) >= 11 is 6.23. The molecule has 0 spiro atoms. The van der Waals surface area contributed by atoms with Crippen molar-refractivity contribution in [1.29, 1.82) is 0 Å². The van der Waals surface area contributed by atoms with Gasteiger partial charge in [0.2, 0.25) is 0 Å². The molecule has 0 saturated carbocycles. The number of nitro benzene ring substituents is 1. The van der Waals surface area contributed by atoms with Gasteiger partial charge >= 0.3 is 0 Å². The van der Waals surface area contributed by atoms with Crippen molar-refractivity contribution in [2.24, 2.45) is 5.10 Å². The topological polar surface area (TPSA) is 86.0 Å². The van der Waals surface area contributed by atoms with Gasteiger partial charge in [0.15, 0.2) is 11.5 Å². The number of ether oxygens (including phenoxy) is 2. The summed E-state index contributed by atoms with van der Waals surface area (Å²) in [7, 11) is 3.01. The van der Waals surface area contributed by atoms with E-state index in [2.05, 4.69) is 10.5 Å². The molecule has 2 aromatic carbocycles. The van der Waals surface area contributed by atoms with Gasteiger partial charge in [-0.1, -0.05) is 17.7 Å². The van der Waals surface area contributed by atoms with E-state index in [1.807, 2.05) is 0 Å². The predicted octanol–water partition coefficient (Wildman–Crippen LogP) is 3.71. The van der Waals surface area contributed by atoms with Crippen molar-refractivity contribution in [2.45, 2.75) is 0 Å². The maximum absolute atomic E-state index is 10.7. The Kier molecular flexibility index (Phi) is 5.37. The molecule has 0 unspecified atom stereocenters. The Bertz CT molecular complexity index is 749. The molecule has 120 valence electrons. The monoisotopic (exact) mass is 335 g/mol. The van der Waals surface area contributed by atoms with Crippen molar-refractivity contribution in [3.05, 3.63) is 57.1 Å². The highest BCUT2D eigenvalue weighted by atomic mass is 35.5. The highest BCUT2D eigenvalue weighted by Gasteiger charge is 2.11. The summed E-state index contributed by atoms with van der Waals surface area (Å²) in [6.45, 7) is 0. The van der Waals surface area contributed by atoms with E-state index in [1.165, 1.54) is 32.6 Å². The molecule has 23 heavy (non-hydrogen) atoms. The molecule has 0 amide bonds. The van der Waals surface area contributed by atoms with Gasteiger partial charge in [-0.05, 0) is 18.2 Å². The highest BCUT2D eigenvalue weighted by Crippen LogP contribution is 2.36. The molecule has 0 heterocycles. The lowest BCUT2D eigenvalue weighted by Crippen LogP contribution is -1.96. The van der Waals surface area contributed by atoms with E-state index in [1.54, 1.807) is 24.3 Å². The minimum Gasteiger partial charge on any atom is -0.493 e. The standard InChI is InChI=1S/C15H14ClN3O4/c1-22-13-7-6-10(14(16)15(13)23-2)9-17-18-11-4-3-5-12(8-11)19(20)21/h3-9,18H,1-2H3. The Labute approximate surface area is 137 Å². The molecule has 0 aromatic heterocycles. The van der Waals surface area contributed by atoms with Crippen molar-refractivity contribution in [2.75, 3.05) is 19.6 Å². The molecule has 0 saturated heterocycles. The van der Waals surface area contributed by atoms with Crippen LogP contribution in [0.25, 0.3) is 0 Å². The van der Waals surface area contributed by atoms with Gasteiger partial charge in [-0.15, -0.1) is 0 Å². The lowest BCUT2D eigenvalue weighted by Gasteiger charge is -2.10.